The molecule has 0 unspecified atom stereocenters. The van der Waals surface area contributed by atoms with Crippen molar-refractivity contribution < 1.29 is 31.2 Å². The van der Waals surface area contributed by atoms with Gasteiger partial charge in [-0.2, -0.15) is 13.2 Å². The van der Waals surface area contributed by atoms with E-state index in [1.165, 1.54) is 29.2 Å². The van der Waals surface area contributed by atoms with Crippen LogP contribution in [0, 0.1) is 6.92 Å². The number of aryl methyl sites for hydroxylation is 1. The molecule has 7 nitrogen and oxygen atoms in total. The number of nitrogens with one attached hydrogen (secondary N) is 1. The Labute approximate surface area is 249 Å². The maximum Gasteiger partial charge on any atom is 0.417 e. The van der Waals surface area contributed by atoms with Crippen LogP contribution in [0.4, 0.5) is 18.9 Å². The number of rotatable bonds is 11. The first-order valence-electron chi connectivity index (χ1n) is 13.3. The van der Waals surface area contributed by atoms with Crippen LogP contribution in [0.25, 0.3) is 0 Å². The molecule has 1 atom stereocenters. The molecule has 0 radical (unpaired) electrons. The average molecular weight is 624 g/mol. The molecular weight excluding hydrogens is 591 g/mol. The van der Waals surface area contributed by atoms with Crippen LogP contribution in [-0.2, 0) is 32.3 Å². The molecule has 0 saturated heterocycles. The molecule has 3 aromatic rings. The number of hydrogen-bond acceptors (Lipinski definition) is 4. The lowest BCUT2D eigenvalue weighted by atomic mass is 10.1. The van der Waals surface area contributed by atoms with E-state index in [1.54, 1.807) is 39.0 Å². The van der Waals surface area contributed by atoms with Crippen LogP contribution in [-0.4, -0.2) is 43.8 Å². The minimum Gasteiger partial charge on any atom is -0.352 e. The van der Waals surface area contributed by atoms with Crippen LogP contribution in [0.15, 0.2) is 77.7 Å². The first kappa shape index (κ1) is 32.9. The second-order valence-corrected chi connectivity index (χ2v) is 12.3. The molecule has 0 aliphatic rings. The number of benzene rings is 3. The minimum atomic E-state index is -4.88. The van der Waals surface area contributed by atoms with Gasteiger partial charge >= 0.3 is 6.18 Å². The summed E-state index contributed by atoms with van der Waals surface area (Å²) in [5.74, 6) is -1.20. The maximum atomic E-state index is 14.1. The molecule has 12 heteroatoms. The summed E-state index contributed by atoms with van der Waals surface area (Å²) in [5, 5.41) is 2.18. The number of sulfonamides is 1. The SMILES string of the molecule is CC[C@@H](C(=O)NC(C)C)N(Cc1ccccc1C)C(=O)CN(c1ccc(Cl)c(C(F)(F)F)c1)S(=O)(=O)c1ccccc1. The molecule has 1 N–H and O–H groups in total. The number of carbonyl (C=O) groups excluding carboxylic acids is 2. The summed E-state index contributed by atoms with van der Waals surface area (Å²) in [6.45, 7) is 6.20. The van der Waals surface area contributed by atoms with Gasteiger partial charge in [-0.15, -0.1) is 0 Å². The third kappa shape index (κ3) is 7.83. The molecule has 0 bridgehead atoms. The summed E-state index contributed by atoms with van der Waals surface area (Å²) in [4.78, 5) is 28.3. The number of halogens is 4. The zero-order valence-corrected chi connectivity index (χ0v) is 25.2. The molecule has 3 aromatic carbocycles. The first-order chi connectivity index (χ1) is 19.7. The van der Waals surface area contributed by atoms with Crippen molar-refractivity contribution in [1.82, 2.24) is 10.2 Å². The molecule has 42 heavy (non-hydrogen) atoms. The van der Waals surface area contributed by atoms with Crippen LogP contribution < -0.4 is 9.62 Å². The fourth-order valence-electron chi connectivity index (χ4n) is 4.41. The van der Waals surface area contributed by atoms with Crippen molar-refractivity contribution in [3.8, 4) is 0 Å². The molecule has 0 aliphatic carbocycles. The van der Waals surface area contributed by atoms with Gasteiger partial charge in [-0.25, -0.2) is 8.42 Å². The zero-order chi connectivity index (χ0) is 31.2. The molecule has 0 fully saturated rings. The van der Waals surface area contributed by atoms with Gasteiger partial charge in [-0.05, 0) is 68.7 Å². The van der Waals surface area contributed by atoms with Crippen molar-refractivity contribution in [2.75, 3.05) is 10.8 Å². The van der Waals surface area contributed by atoms with E-state index in [9.17, 15) is 31.2 Å². The molecule has 226 valence electrons. The Kier molecular flexibility index (Phi) is 10.7. The molecule has 0 heterocycles. The van der Waals surface area contributed by atoms with E-state index >= 15 is 0 Å². The van der Waals surface area contributed by atoms with Gasteiger partial charge in [0.05, 0.1) is 21.2 Å². The van der Waals surface area contributed by atoms with Crippen molar-refractivity contribution in [1.29, 1.82) is 0 Å². The number of alkyl halides is 3. The fraction of sp³-hybridized carbons (Fsp3) is 0.333. The van der Waals surface area contributed by atoms with Gasteiger partial charge < -0.3 is 10.2 Å². The Morgan fingerprint density at radius 1 is 0.976 bits per heavy atom. The Morgan fingerprint density at radius 3 is 2.17 bits per heavy atom. The van der Waals surface area contributed by atoms with Gasteiger partial charge in [-0.1, -0.05) is 61.0 Å². The van der Waals surface area contributed by atoms with Gasteiger partial charge in [0.15, 0.2) is 0 Å². The standard InChI is InChI=1S/C30H33ClF3N3O4S/c1-5-27(29(39)35-20(2)3)36(18-22-12-10-9-11-21(22)4)28(38)19-37(42(40,41)24-13-7-6-8-14-24)23-15-16-26(31)25(17-23)30(32,33)34/h6-17,20,27H,5,18-19H2,1-4H3,(H,35,39)/t27-/m0/s1. The predicted octanol–water partition coefficient (Wildman–Crippen LogP) is 6.19. The number of hydrogen-bond donors (Lipinski definition) is 1. The molecule has 0 spiro atoms. The summed E-state index contributed by atoms with van der Waals surface area (Å²) < 4.78 is 69.5. The van der Waals surface area contributed by atoms with Crippen molar-refractivity contribution in [2.45, 2.75) is 63.8 Å². The highest BCUT2D eigenvalue weighted by molar-refractivity contribution is 7.92. The quantitative estimate of drug-likeness (QED) is 0.276. The van der Waals surface area contributed by atoms with E-state index in [-0.39, 0.29) is 23.9 Å². The van der Waals surface area contributed by atoms with Crippen molar-refractivity contribution in [3.05, 3.63) is 94.5 Å². The van der Waals surface area contributed by atoms with Gasteiger partial charge in [0.1, 0.15) is 12.6 Å². The van der Waals surface area contributed by atoms with E-state index in [0.29, 0.717) is 10.4 Å². The molecular formula is C30H33ClF3N3O4S. The summed E-state index contributed by atoms with van der Waals surface area (Å²) in [6.07, 6.45) is -4.67. The highest BCUT2D eigenvalue weighted by Crippen LogP contribution is 2.38. The normalized spacial score (nSPS) is 12.6. The van der Waals surface area contributed by atoms with Gasteiger partial charge in [0, 0.05) is 12.6 Å². The van der Waals surface area contributed by atoms with Crippen LogP contribution >= 0.6 is 11.6 Å². The van der Waals surface area contributed by atoms with E-state index in [2.05, 4.69) is 5.32 Å². The number of anilines is 1. The lowest BCUT2D eigenvalue weighted by Gasteiger charge is -2.34. The van der Waals surface area contributed by atoms with Crippen molar-refractivity contribution in [3.63, 3.8) is 0 Å². The highest BCUT2D eigenvalue weighted by Gasteiger charge is 2.37. The van der Waals surface area contributed by atoms with Gasteiger partial charge in [0.25, 0.3) is 10.0 Å². The number of carbonyl (C=O) groups is 2. The number of nitrogens with zero attached hydrogens (tertiary/aromatic N) is 2. The van der Waals surface area contributed by atoms with E-state index in [0.717, 1.165) is 23.3 Å². The molecule has 3 rings (SSSR count). The Balaban J connectivity index is 2.15. The lowest BCUT2D eigenvalue weighted by Crippen LogP contribution is -2.53. The maximum absolute atomic E-state index is 14.1. The van der Waals surface area contributed by atoms with Crippen LogP contribution in [0.2, 0.25) is 5.02 Å². The predicted molar refractivity (Wildman–Crippen MR) is 157 cm³/mol. The largest absolute Gasteiger partial charge is 0.417 e. The fourth-order valence-corrected chi connectivity index (χ4v) is 6.06. The van der Waals surface area contributed by atoms with Crippen LogP contribution in [0.3, 0.4) is 0 Å². The minimum absolute atomic E-state index is 0.0246. The van der Waals surface area contributed by atoms with Crippen molar-refractivity contribution in [2.24, 2.45) is 0 Å². The third-order valence-electron chi connectivity index (χ3n) is 6.57. The summed E-state index contributed by atoms with van der Waals surface area (Å²) >= 11 is 5.81. The van der Waals surface area contributed by atoms with Gasteiger partial charge in [-0.3, -0.25) is 13.9 Å². The zero-order valence-electron chi connectivity index (χ0n) is 23.7. The lowest BCUT2D eigenvalue weighted by molar-refractivity contribution is -0.140. The van der Waals surface area contributed by atoms with Crippen molar-refractivity contribution >= 4 is 39.1 Å². The smallest absolute Gasteiger partial charge is 0.352 e. The third-order valence-corrected chi connectivity index (χ3v) is 8.69. The topological polar surface area (TPSA) is 86.8 Å². The van der Waals surface area contributed by atoms with E-state index in [1.807, 2.05) is 19.1 Å². The summed E-state index contributed by atoms with van der Waals surface area (Å²) in [6, 6.07) is 15.7. The average Bonchev–Trinajstić information content (AvgIpc) is 2.92. The Morgan fingerprint density at radius 2 is 1.60 bits per heavy atom. The second-order valence-electron chi connectivity index (χ2n) is 10.0. The molecule has 0 saturated carbocycles. The van der Waals surface area contributed by atoms with E-state index in [4.69, 9.17) is 11.6 Å². The molecule has 0 aromatic heterocycles. The van der Waals surface area contributed by atoms with Crippen LogP contribution in [0.5, 0.6) is 0 Å². The second kappa shape index (κ2) is 13.6. The monoisotopic (exact) mass is 623 g/mol. The molecule has 0 aliphatic heterocycles. The summed E-state index contributed by atoms with van der Waals surface area (Å²) in [7, 11) is -4.54. The Hall–Kier alpha value is -3.57. The highest BCUT2D eigenvalue weighted by atomic mass is 35.5. The number of amides is 2. The molecule has 2 amide bonds. The summed E-state index contributed by atoms with van der Waals surface area (Å²) in [5.41, 5.74) is -0.0815. The Bertz CT molecular complexity index is 1520. The first-order valence-corrected chi connectivity index (χ1v) is 15.1. The van der Waals surface area contributed by atoms with E-state index < -0.39 is 56.9 Å². The van der Waals surface area contributed by atoms with Gasteiger partial charge in [0.2, 0.25) is 11.8 Å². The van der Waals surface area contributed by atoms with Crippen LogP contribution in [0.1, 0.15) is 43.9 Å².